The molecule has 0 aliphatic rings. The Morgan fingerprint density at radius 3 is 2.41 bits per heavy atom. The number of benzene rings is 2. The van der Waals surface area contributed by atoms with Gasteiger partial charge in [-0.3, -0.25) is 0 Å². The van der Waals surface area contributed by atoms with Gasteiger partial charge < -0.3 is 4.42 Å². The fourth-order valence-electron chi connectivity index (χ4n) is 2.29. The fraction of sp³-hybridized carbons (Fsp3) is 0.176. The van der Waals surface area contributed by atoms with E-state index in [0.29, 0.717) is 5.76 Å². The number of furan rings is 1. The van der Waals surface area contributed by atoms with Gasteiger partial charge in [0.2, 0.25) is 10.0 Å². The molecule has 1 atom stereocenters. The maximum atomic E-state index is 12.4. The van der Waals surface area contributed by atoms with Gasteiger partial charge in [-0.1, -0.05) is 35.9 Å². The molecule has 1 heterocycles. The number of nitrogens with one attached hydrogen (secondary N) is 1. The molecule has 4 nitrogen and oxygen atoms in total. The van der Waals surface area contributed by atoms with E-state index in [1.165, 1.54) is 0 Å². The minimum atomic E-state index is -3.57. The number of rotatable bonds is 4. The Hall–Kier alpha value is -2.11. The van der Waals surface area contributed by atoms with Crippen LogP contribution in [-0.4, -0.2) is 8.42 Å². The van der Waals surface area contributed by atoms with Crippen molar-refractivity contribution in [3.05, 3.63) is 65.9 Å². The van der Waals surface area contributed by atoms with Crippen LogP contribution in [0, 0.1) is 6.92 Å². The van der Waals surface area contributed by atoms with Crippen LogP contribution in [0.2, 0.25) is 0 Å². The molecule has 114 valence electrons. The third-order valence-corrected chi connectivity index (χ3v) is 5.09. The largest absolute Gasteiger partial charge is 0.459 e. The number of hydrogen-bond acceptors (Lipinski definition) is 3. The predicted molar refractivity (Wildman–Crippen MR) is 86.1 cm³/mol. The van der Waals surface area contributed by atoms with Gasteiger partial charge >= 0.3 is 0 Å². The Balaban J connectivity index is 1.86. The van der Waals surface area contributed by atoms with E-state index in [9.17, 15) is 8.42 Å². The zero-order valence-electron chi connectivity index (χ0n) is 12.4. The van der Waals surface area contributed by atoms with Gasteiger partial charge in [0.1, 0.15) is 11.3 Å². The third kappa shape index (κ3) is 2.91. The van der Waals surface area contributed by atoms with E-state index in [0.717, 1.165) is 16.5 Å². The van der Waals surface area contributed by atoms with Crippen LogP contribution in [-0.2, 0) is 10.0 Å². The smallest absolute Gasteiger partial charge is 0.241 e. The first kappa shape index (κ1) is 14.8. The van der Waals surface area contributed by atoms with Crippen LogP contribution in [0.4, 0.5) is 0 Å². The van der Waals surface area contributed by atoms with E-state index in [4.69, 9.17) is 4.42 Å². The molecule has 5 heteroatoms. The van der Waals surface area contributed by atoms with Crippen molar-refractivity contribution in [2.24, 2.45) is 0 Å². The quantitative estimate of drug-likeness (QED) is 0.797. The molecule has 22 heavy (non-hydrogen) atoms. The van der Waals surface area contributed by atoms with Crippen molar-refractivity contribution < 1.29 is 12.8 Å². The number of sulfonamides is 1. The molecule has 3 aromatic rings. The summed E-state index contributed by atoms with van der Waals surface area (Å²) in [5.74, 6) is 0.594. The maximum Gasteiger partial charge on any atom is 0.241 e. The summed E-state index contributed by atoms with van der Waals surface area (Å²) in [5.41, 5.74) is 1.77. The van der Waals surface area contributed by atoms with Gasteiger partial charge in [0.05, 0.1) is 10.9 Å². The first-order valence-corrected chi connectivity index (χ1v) is 8.51. The van der Waals surface area contributed by atoms with Crippen molar-refractivity contribution in [2.75, 3.05) is 0 Å². The van der Waals surface area contributed by atoms with E-state index in [1.807, 2.05) is 37.3 Å². The number of fused-ring (bicyclic) bond motifs is 1. The van der Waals surface area contributed by atoms with Gasteiger partial charge in [-0.25, -0.2) is 13.1 Å². The maximum absolute atomic E-state index is 12.4. The average molecular weight is 315 g/mol. The van der Waals surface area contributed by atoms with Crippen LogP contribution in [0.5, 0.6) is 0 Å². The standard InChI is InChI=1S/C17H17NO3S/c1-12-7-9-15(10-8-12)22(19,20)18-13(2)17-11-14-5-3-4-6-16(14)21-17/h3-11,13,18H,1-2H3/t13-/m0/s1. The first-order valence-electron chi connectivity index (χ1n) is 7.03. The van der Waals surface area contributed by atoms with Gasteiger partial charge in [0.25, 0.3) is 0 Å². The molecule has 2 aromatic carbocycles. The van der Waals surface area contributed by atoms with Crippen LogP contribution in [0.25, 0.3) is 11.0 Å². The van der Waals surface area contributed by atoms with Gasteiger partial charge in [0, 0.05) is 5.39 Å². The summed E-state index contributed by atoms with van der Waals surface area (Å²) >= 11 is 0. The lowest BCUT2D eigenvalue weighted by Crippen LogP contribution is -2.26. The van der Waals surface area contributed by atoms with Gasteiger partial charge in [0.15, 0.2) is 0 Å². The molecule has 0 spiro atoms. The highest BCUT2D eigenvalue weighted by Crippen LogP contribution is 2.24. The second-order valence-electron chi connectivity index (χ2n) is 5.34. The molecule has 0 aliphatic heterocycles. The number of hydrogen-bond donors (Lipinski definition) is 1. The highest BCUT2D eigenvalue weighted by Gasteiger charge is 2.20. The summed E-state index contributed by atoms with van der Waals surface area (Å²) in [6.07, 6.45) is 0. The van der Waals surface area contributed by atoms with E-state index < -0.39 is 16.1 Å². The Bertz CT molecular complexity index is 862. The Morgan fingerprint density at radius 1 is 1.05 bits per heavy atom. The summed E-state index contributed by atoms with van der Waals surface area (Å²) in [5, 5.41) is 0.957. The Labute approximate surface area is 129 Å². The van der Waals surface area contributed by atoms with Crippen molar-refractivity contribution in [1.29, 1.82) is 0 Å². The molecule has 3 rings (SSSR count). The van der Waals surface area contributed by atoms with Crippen molar-refractivity contribution in [2.45, 2.75) is 24.8 Å². The van der Waals surface area contributed by atoms with E-state index in [2.05, 4.69) is 4.72 Å². The second-order valence-corrected chi connectivity index (χ2v) is 7.06. The fourth-order valence-corrected chi connectivity index (χ4v) is 3.50. The molecule has 0 radical (unpaired) electrons. The molecule has 1 aromatic heterocycles. The van der Waals surface area contributed by atoms with Crippen molar-refractivity contribution in [3.8, 4) is 0 Å². The lowest BCUT2D eigenvalue weighted by molar-refractivity contribution is 0.484. The van der Waals surface area contributed by atoms with Crippen molar-refractivity contribution >= 4 is 21.0 Å². The monoisotopic (exact) mass is 315 g/mol. The van der Waals surface area contributed by atoms with Crippen LogP contribution in [0.15, 0.2) is 63.9 Å². The zero-order chi connectivity index (χ0) is 15.7. The average Bonchev–Trinajstić information content (AvgIpc) is 2.91. The van der Waals surface area contributed by atoms with Crippen LogP contribution in [0.1, 0.15) is 24.3 Å². The molecular weight excluding hydrogens is 298 g/mol. The summed E-state index contributed by atoms with van der Waals surface area (Å²) in [6, 6.07) is 15.8. The van der Waals surface area contributed by atoms with Crippen LogP contribution in [0.3, 0.4) is 0 Å². The molecule has 0 saturated carbocycles. The Kier molecular flexibility index (Phi) is 3.76. The molecule has 0 aliphatic carbocycles. The molecule has 0 saturated heterocycles. The normalized spacial score (nSPS) is 13.4. The third-order valence-electron chi connectivity index (χ3n) is 3.53. The number of aryl methyl sites for hydroxylation is 1. The van der Waals surface area contributed by atoms with Crippen LogP contribution >= 0.6 is 0 Å². The molecule has 1 N–H and O–H groups in total. The molecule has 0 fully saturated rings. The van der Waals surface area contributed by atoms with Crippen molar-refractivity contribution in [3.63, 3.8) is 0 Å². The summed E-state index contributed by atoms with van der Waals surface area (Å²) in [7, 11) is -3.57. The van der Waals surface area contributed by atoms with Crippen molar-refractivity contribution in [1.82, 2.24) is 4.72 Å². The first-order chi connectivity index (χ1) is 10.5. The lowest BCUT2D eigenvalue weighted by Gasteiger charge is -2.12. The summed E-state index contributed by atoms with van der Waals surface area (Å²) in [6.45, 7) is 3.68. The number of para-hydroxylation sites is 1. The predicted octanol–water partition coefficient (Wildman–Crippen LogP) is 3.78. The summed E-state index contributed by atoms with van der Waals surface area (Å²) in [4.78, 5) is 0.251. The molecule has 0 amide bonds. The van der Waals surface area contributed by atoms with Gasteiger partial charge in [-0.2, -0.15) is 0 Å². The van der Waals surface area contributed by atoms with Crippen LogP contribution < -0.4 is 4.72 Å². The van der Waals surface area contributed by atoms with E-state index in [-0.39, 0.29) is 4.90 Å². The summed E-state index contributed by atoms with van der Waals surface area (Å²) < 4.78 is 33.1. The highest BCUT2D eigenvalue weighted by molar-refractivity contribution is 7.89. The second kappa shape index (κ2) is 5.59. The minimum absolute atomic E-state index is 0.251. The molecule has 0 bridgehead atoms. The molecular formula is C17H17NO3S. The van der Waals surface area contributed by atoms with E-state index in [1.54, 1.807) is 31.2 Å². The van der Waals surface area contributed by atoms with Gasteiger partial charge in [-0.15, -0.1) is 0 Å². The SMILES string of the molecule is Cc1ccc(S(=O)(=O)N[C@@H](C)c2cc3ccccc3o2)cc1. The van der Waals surface area contributed by atoms with Gasteiger partial charge in [-0.05, 0) is 38.1 Å². The van der Waals surface area contributed by atoms with E-state index >= 15 is 0 Å². The topological polar surface area (TPSA) is 59.3 Å². The zero-order valence-corrected chi connectivity index (χ0v) is 13.2. The Morgan fingerprint density at radius 2 is 1.73 bits per heavy atom. The minimum Gasteiger partial charge on any atom is -0.459 e. The molecule has 0 unspecified atom stereocenters. The highest BCUT2D eigenvalue weighted by atomic mass is 32.2. The lowest BCUT2D eigenvalue weighted by atomic mass is 10.2.